The highest BCUT2D eigenvalue weighted by Crippen LogP contribution is 2.49. The summed E-state index contributed by atoms with van der Waals surface area (Å²) in [6, 6.07) is 12.8. The third-order valence-electron chi connectivity index (χ3n) is 9.12. The summed E-state index contributed by atoms with van der Waals surface area (Å²) in [5.41, 5.74) is 5.04. The molecule has 43 heavy (non-hydrogen) atoms. The minimum absolute atomic E-state index is 0.0412. The SMILES string of the molecule is C[N+]1=C(/C=C2\C(=O)C(/C=C3/N(CCCC[N+](C)(C)C)c4ccccc4C3(C)C)=C2O)C(C)(C)c2cc(S(=O)(=O)O)ccc21. The first-order valence-corrected chi connectivity index (χ1v) is 16.1. The Labute approximate surface area is 255 Å². The lowest BCUT2D eigenvalue weighted by atomic mass is 9.77. The van der Waals surface area contributed by atoms with Crippen LogP contribution in [0.5, 0.6) is 0 Å². The van der Waals surface area contributed by atoms with Crippen LogP contribution in [-0.4, -0.2) is 79.9 Å². The van der Waals surface area contributed by atoms with E-state index in [9.17, 15) is 22.9 Å². The number of aliphatic hydroxyl groups excluding tert-OH is 1. The Kier molecular flexibility index (Phi) is 7.39. The summed E-state index contributed by atoms with van der Waals surface area (Å²) < 4.78 is 36.0. The Balaban J connectivity index is 1.49. The summed E-state index contributed by atoms with van der Waals surface area (Å²) in [6.45, 7) is 10.1. The van der Waals surface area contributed by atoms with Crippen molar-refractivity contribution in [3.05, 3.63) is 88.3 Å². The second-order valence-electron chi connectivity index (χ2n) is 13.9. The number of benzene rings is 2. The molecule has 2 N–H and O–H groups in total. The molecule has 0 spiro atoms. The molecule has 2 heterocycles. The van der Waals surface area contributed by atoms with Crippen molar-refractivity contribution in [3.8, 4) is 0 Å². The smallest absolute Gasteiger partial charge is 0.294 e. The van der Waals surface area contributed by atoms with Crippen LogP contribution >= 0.6 is 0 Å². The van der Waals surface area contributed by atoms with E-state index in [0.717, 1.165) is 53.2 Å². The van der Waals surface area contributed by atoms with E-state index < -0.39 is 15.5 Å². The van der Waals surface area contributed by atoms with E-state index in [-0.39, 0.29) is 27.4 Å². The molecule has 9 heteroatoms. The van der Waals surface area contributed by atoms with Gasteiger partial charge in [0.15, 0.2) is 5.71 Å². The summed E-state index contributed by atoms with van der Waals surface area (Å²) in [4.78, 5) is 15.7. The molecule has 0 atom stereocenters. The molecule has 0 unspecified atom stereocenters. The predicted molar refractivity (Wildman–Crippen MR) is 170 cm³/mol. The van der Waals surface area contributed by atoms with Gasteiger partial charge in [-0.2, -0.15) is 13.0 Å². The Bertz CT molecular complexity index is 1770. The van der Waals surface area contributed by atoms with Gasteiger partial charge in [0, 0.05) is 41.1 Å². The van der Waals surface area contributed by atoms with E-state index in [0.29, 0.717) is 11.1 Å². The number of hydrogen-bond donors (Lipinski definition) is 2. The summed E-state index contributed by atoms with van der Waals surface area (Å²) in [7, 11) is 4.06. The van der Waals surface area contributed by atoms with Crippen LogP contribution in [0.25, 0.3) is 0 Å². The molecule has 0 aromatic heterocycles. The van der Waals surface area contributed by atoms with Gasteiger partial charge >= 0.3 is 0 Å². The monoisotopic (exact) mass is 605 g/mol. The van der Waals surface area contributed by atoms with Gasteiger partial charge < -0.3 is 14.5 Å². The quantitative estimate of drug-likeness (QED) is 0.137. The molecule has 1 aliphatic carbocycles. The van der Waals surface area contributed by atoms with E-state index in [1.54, 1.807) is 12.1 Å². The van der Waals surface area contributed by atoms with Crippen molar-refractivity contribution in [2.24, 2.45) is 0 Å². The molecule has 0 saturated carbocycles. The maximum atomic E-state index is 13.6. The van der Waals surface area contributed by atoms with Crippen molar-refractivity contribution < 1.29 is 31.9 Å². The first kappa shape index (κ1) is 30.9. The fourth-order valence-electron chi connectivity index (χ4n) is 6.61. The molecule has 2 aromatic carbocycles. The lowest BCUT2D eigenvalue weighted by Crippen LogP contribution is -2.36. The molecule has 0 amide bonds. The average molecular weight is 606 g/mol. The number of para-hydroxylation sites is 1. The van der Waals surface area contributed by atoms with Crippen molar-refractivity contribution in [1.82, 2.24) is 0 Å². The van der Waals surface area contributed by atoms with Crippen LogP contribution in [0.15, 0.2) is 82.1 Å². The van der Waals surface area contributed by atoms with Gasteiger partial charge in [0.2, 0.25) is 11.5 Å². The predicted octanol–water partition coefficient (Wildman–Crippen LogP) is 5.43. The number of aliphatic hydroxyl groups is 1. The summed E-state index contributed by atoms with van der Waals surface area (Å²) in [5, 5.41) is 11.2. The number of anilines is 1. The number of Topliss-reactive ketones (excluding diaryl/α,β-unsaturated/α-hetero) is 1. The fraction of sp³-hybridized carbons (Fsp3) is 0.412. The normalized spacial score (nSPS) is 21.1. The Morgan fingerprint density at radius 1 is 0.953 bits per heavy atom. The zero-order valence-electron chi connectivity index (χ0n) is 26.4. The number of quaternary nitrogens is 1. The first-order chi connectivity index (χ1) is 19.9. The van der Waals surface area contributed by atoms with Crippen LogP contribution < -0.4 is 4.90 Å². The van der Waals surface area contributed by atoms with E-state index in [1.807, 2.05) is 43.7 Å². The Hall–Kier alpha value is -3.53. The van der Waals surface area contributed by atoms with E-state index in [4.69, 9.17) is 0 Å². The number of fused-ring (bicyclic) bond motifs is 2. The molecular formula is C34H43N3O5S+2. The molecule has 0 bridgehead atoms. The number of nitrogens with zero attached hydrogens (tertiary/aromatic N) is 3. The second-order valence-corrected chi connectivity index (χ2v) is 15.3. The summed E-state index contributed by atoms with van der Waals surface area (Å²) >= 11 is 0. The third kappa shape index (κ3) is 5.28. The van der Waals surface area contributed by atoms with Gasteiger partial charge in [-0.15, -0.1) is 0 Å². The minimum Gasteiger partial charge on any atom is -0.506 e. The third-order valence-corrected chi connectivity index (χ3v) is 9.97. The molecule has 0 radical (unpaired) electrons. The minimum atomic E-state index is -4.37. The van der Waals surface area contributed by atoms with Crippen LogP contribution in [0, 0.1) is 0 Å². The van der Waals surface area contributed by atoms with Gasteiger partial charge in [-0.3, -0.25) is 9.35 Å². The van der Waals surface area contributed by atoms with Crippen molar-refractivity contribution in [3.63, 3.8) is 0 Å². The van der Waals surface area contributed by atoms with Crippen LogP contribution in [0.3, 0.4) is 0 Å². The molecule has 5 rings (SSSR count). The number of rotatable bonds is 8. The fourth-order valence-corrected chi connectivity index (χ4v) is 7.12. The molecule has 2 aromatic rings. The van der Waals surface area contributed by atoms with Crippen LogP contribution in [0.1, 0.15) is 51.7 Å². The van der Waals surface area contributed by atoms with Crippen molar-refractivity contribution in [2.75, 3.05) is 46.2 Å². The lowest BCUT2D eigenvalue weighted by molar-refractivity contribution is -0.870. The molecule has 228 valence electrons. The van der Waals surface area contributed by atoms with Gasteiger partial charge in [-0.25, -0.2) is 0 Å². The largest absolute Gasteiger partial charge is 0.506 e. The first-order valence-electron chi connectivity index (χ1n) is 14.7. The van der Waals surface area contributed by atoms with Crippen LogP contribution in [-0.2, 0) is 25.7 Å². The average Bonchev–Trinajstić information content (AvgIpc) is 3.24. The van der Waals surface area contributed by atoms with Gasteiger partial charge in [0.05, 0.1) is 49.1 Å². The number of unbranched alkanes of at least 4 members (excludes halogenated alkanes) is 1. The highest BCUT2D eigenvalue weighted by molar-refractivity contribution is 7.85. The molecule has 3 aliphatic rings. The number of ketones is 1. The molecule has 0 fully saturated rings. The zero-order chi connectivity index (χ0) is 31.7. The molecule has 8 nitrogen and oxygen atoms in total. The Morgan fingerprint density at radius 2 is 1.63 bits per heavy atom. The zero-order valence-corrected chi connectivity index (χ0v) is 27.2. The van der Waals surface area contributed by atoms with Crippen molar-refractivity contribution in [1.29, 1.82) is 0 Å². The Morgan fingerprint density at radius 3 is 2.26 bits per heavy atom. The van der Waals surface area contributed by atoms with Crippen LogP contribution in [0.4, 0.5) is 11.4 Å². The maximum absolute atomic E-state index is 13.6. The van der Waals surface area contributed by atoms with Crippen molar-refractivity contribution >= 4 is 33.0 Å². The van der Waals surface area contributed by atoms with Gasteiger partial charge in [0.1, 0.15) is 12.8 Å². The second kappa shape index (κ2) is 10.3. The van der Waals surface area contributed by atoms with Crippen molar-refractivity contribution in [2.45, 2.75) is 56.3 Å². The highest BCUT2D eigenvalue weighted by atomic mass is 32.2. The molecular weight excluding hydrogens is 562 g/mol. The lowest BCUT2D eigenvalue weighted by Gasteiger charge is -2.30. The highest BCUT2D eigenvalue weighted by Gasteiger charge is 2.47. The van der Waals surface area contributed by atoms with Crippen LogP contribution in [0.2, 0.25) is 0 Å². The summed E-state index contributed by atoms with van der Waals surface area (Å²) in [6.07, 6.45) is 5.63. The number of carbonyl (C=O) groups is 1. The van der Waals surface area contributed by atoms with E-state index in [2.05, 4.69) is 52.0 Å². The summed E-state index contributed by atoms with van der Waals surface area (Å²) in [5.74, 6) is -0.270. The molecule has 0 saturated heterocycles. The van der Waals surface area contributed by atoms with E-state index in [1.165, 1.54) is 17.7 Å². The number of carbonyl (C=O) groups excluding carboxylic acids is 1. The maximum Gasteiger partial charge on any atom is 0.294 e. The topological polar surface area (TPSA) is 97.9 Å². The van der Waals surface area contributed by atoms with E-state index >= 15 is 0 Å². The number of hydrogen-bond acceptors (Lipinski definition) is 5. The van der Waals surface area contributed by atoms with Gasteiger partial charge in [0.25, 0.3) is 10.1 Å². The van der Waals surface area contributed by atoms with Gasteiger partial charge in [-0.05, 0) is 56.5 Å². The number of allylic oxidation sites excluding steroid dienone is 5. The molecule has 2 aliphatic heterocycles. The standard InChI is InChI=1S/C34H41N3O5S/c1-33(2)25-13-9-10-14-28(25)36(17-11-12-18-37(6,7)8)30(33)21-24-31(38)23(32(24)39)20-29-34(3,4)26-19-22(43(40,41)42)15-16-27(26)35(29)5/h9-10,13-16,19-21H,11-12,17-18H2,1-8H3/p+2. The van der Waals surface area contributed by atoms with Gasteiger partial charge in [-0.1, -0.05) is 32.0 Å².